The van der Waals surface area contributed by atoms with Gasteiger partial charge in [-0.15, -0.1) is 0 Å². The molecule has 0 bridgehead atoms. The van der Waals surface area contributed by atoms with E-state index in [1.807, 2.05) is 21.1 Å². The van der Waals surface area contributed by atoms with E-state index in [-0.39, 0.29) is 25.8 Å². The van der Waals surface area contributed by atoms with Crippen molar-refractivity contribution in [1.82, 2.24) is 0 Å². The number of hydrogen-bond donors (Lipinski definition) is 0. The number of allylic oxidation sites excluding steroid dienone is 8. The third-order valence-electron chi connectivity index (χ3n) is 10.9. The Morgan fingerprint density at radius 1 is 0.525 bits per heavy atom. The molecular weight excluding hydrogens is 782 g/mol. The maximum atomic E-state index is 12.7. The van der Waals surface area contributed by atoms with Crippen molar-refractivity contribution in [3.63, 3.8) is 0 Å². The van der Waals surface area contributed by atoms with Crippen LogP contribution in [0.15, 0.2) is 48.6 Å². The van der Waals surface area contributed by atoms with Crippen molar-refractivity contribution in [2.45, 2.75) is 225 Å². The standard InChI is InChI=1S/C52H98NO7P/c1-6-8-10-12-14-16-18-20-22-23-24-25-26-27-28-29-30-32-34-36-38-40-42-44-47-57-49-51(50-59-61(55,56)58-48-46-53(3,4)5)60-52(54)45-43-41-39-37-35-33-31-21-19-17-15-13-11-9-7-2/h8,10,14,16,20,22,24-25,51H,6-7,9,11-13,15,17-19,21,23,26-50H2,1-5H3/b10-8-,16-14-,22-20-,25-24-. The molecule has 0 aromatic rings. The Morgan fingerprint density at radius 3 is 1.43 bits per heavy atom. The predicted molar refractivity (Wildman–Crippen MR) is 259 cm³/mol. The highest BCUT2D eigenvalue weighted by Gasteiger charge is 2.20. The molecule has 0 saturated carbocycles. The Kier molecular flexibility index (Phi) is 43.9. The molecule has 0 aromatic heterocycles. The lowest BCUT2D eigenvalue weighted by Gasteiger charge is -2.28. The molecule has 0 radical (unpaired) electrons. The van der Waals surface area contributed by atoms with E-state index >= 15 is 0 Å². The smallest absolute Gasteiger partial charge is 0.306 e. The summed E-state index contributed by atoms with van der Waals surface area (Å²) in [6, 6.07) is 0. The van der Waals surface area contributed by atoms with Crippen molar-refractivity contribution in [2.75, 3.05) is 54.1 Å². The zero-order valence-corrected chi connectivity index (χ0v) is 41.5. The van der Waals surface area contributed by atoms with Crippen LogP contribution in [0, 0.1) is 0 Å². The number of likely N-dealkylation sites (N-methyl/N-ethyl adjacent to an activating group) is 1. The summed E-state index contributed by atoms with van der Waals surface area (Å²) in [5, 5.41) is 0. The molecule has 0 amide bonds. The van der Waals surface area contributed by atoms with Crippen LogP contribution >= 0.6 is 7.82 Å². The first-order valence-electron chi connectivity index (χ1n) is 25.4. The van der Waals surface area contributed by atoms with Crippen molar-refractivity contribution < 1.29 is 37.3 Å². The van der Waals surface area contributed by atoms with Gasteiger partial charge < -0.3 is 27.9 Å². The fourth-order valence-electron chi connectivity index (χ4n) is 7.01. The fraction of sp³-hybridized carbons (Fsp3) is 0.827. The number of quaternary nitrogens is 1. The van der Waals surface area contributed by atoms with Crippen LogP contribution in [0.3, 0.4) is 0 Å². The summed E-state index contributed by atoms with van der Waals surface area (Å²) in [4.78, 5) is 25.1. The van der Waals surface area contributed by atoms with E-state index in [1.54, 1.807) is 0 Å². The van der Waals surface area contributed by atoms with E-state index < -0.39 is 13.9 Å². The van der Waals surface area contributed by atoms with Gasteiger partial charge >= 0.3 is 5.97 Å². The molecule has 2 atom stereocenters. The quantitative estimate of drug-likeness (QED) is 0.0198. The summed E-state index contributed by atoms with van der Waals surface area (Å²) in [6.45, 7) is 5.32. The van der Waals surface area contributed by atoms with Gasteiger partial charge in [0.15, 0.2) is 0 Å². The molecule has 0 aliphatic heterocycles. The first kappa shape index (κ1) is 59.5. The Morgan fingerprint density at radius 2 is 0.951 bits per heavy atom. The van der Waals surface area contributed by atoms with Gasteiger partial charge in [0.2, 0.25) is 0 Å². The number of rotatable bonds is 47. The number of phosphoric ester groups is 1. The van der Waals surface area contributed by atoms with Gasteiger partial charge in [0, 0.05) is 13.0 Å². The summed E-state index contributed by atoms with van der Waals surface area (Å²) in [5.41, 5.74) is 0. The number of hydrogen-bond acceptors (Lipinski definition) is 7. The zero-order valence-electron chi connectivity index (χ0n) is 40.6. The highest BCUT2D eigenvalue weighted by molar-refractivity contribution is 7.45. The van der Waals surface area contributed by atoms with Gasteiger partial charge in [0.25, 0.3) is 7.82 Å². The first-order chi connectivity index (χ1) is 29.6. The number of unbranched alkanes of at least 4 members (excludes halogenated alkanes) is 25. The highest BCUT2D eigenvalue weighted by Crippen LogP contribution is 2.38. The lowest BCUT2D eigenvalue weighted by molar-refractivity contribution is -0.870. The van der Waals surface area contributed by atoms with Crippen LogP contribution in [0.5, 0.6) is 0 Å². The van der Waals surface area contributed by atoms with Crippen LogP contribution in [0.25, 0.3) is 0 Å². The maximum absolute atomic E-state index is 12.7. The number of ether oxygens (including phenoxy) is 2. The number of carbonyl (C=O) groups excluding carboxylic acids is 1. The van der Waals surface area contributed by atoms with Gasteiger partial charge in [-0.25, -0.2) is 0 Å². The Bertz CT molecular complexity index is 1120. The highest BCUT2D eigenvalue weighted by atomic mass is 31.2. The van der Waals surface area contributed by atoms with E-state index in [9.17, 15) is 14.3 Å². The molecule has 0 aliphatic rings. The fourth-order valence-corrected chi connectivity index (χ4v) is 7.74. The molecule has 61 heavy (non-hydrogen) atoms. The third kappa shape index (κ3) is 49.3. The molecule has 9 heteroatoms. The molecular formula is C52H98NO7P. The van der Waals surface area contributed by atoms with E-state index in [4.69, 9.17) is 18.5 Å². The average molecular weight is 880 g/mol. The second kappa shape index (κ2) is 45.0. The molecule has 0 N–H and O–H groups in total. The molecule has 2 unspecified atom stereocenters. The normalized spacial score (nSPS) is 14.0. The SMILES string of the molecule is CC/C=C\C/C=C\C/C=C\C/C=C\CCCCCCCCCCCCCOCC(COP(=O)([O-])OCC[N+](C)(C)C)OC(=O)CCCCCCCCCCCCCCCCC. The zero-order chi connectivity index (χ0) is 44.8. The van der Waals surface area contributed by atoms with Gasteiger partial charge in [-0.05, 0) is 51.4 Å². The molecule has 0 aromatic carbocycles. The van der Waals surface area contributed by atoms with E-state index in [0.29, 0.717) is 24.1 Å². The van der Waals surface area contributed by atoms with Crippen LogP contribution in [-0.4, -0.2) is 70.7 Å². The first-order valence-corrected chi connectivity index (χ1v) is 26.8. The molecule has 0 saturated heterocycles. The molecule has 0 aliphatic carbocycles. The summed E-state index contributed by atoms with van der Waals surface area (Å²) in [6.07, 6.45) is 55.6. The minimum absolute atomic E-state index is 0.0260. The third-order valence-corrected chi connectivity index (χ3v) is 11.9. The largest absolute Gasteiger partial charge is 0.756 e. The van der Waals surface area contributed by atoms with Crippen LogP contribution in [-0.2, 0) is 27.9 Å². The van der Waals surface area contributed by atoms with Crippen LogP contribution in [0.4, 0.5) is 0 Å². The van der Waals surface area contributed by atoms with Gasteiger partial charge in [-0.3, -0.25) is 9.36 Å². The van der Waals surface area contributed by atoms with Crippen molar-refractivity contribution in [2.24, 2.45) is 0 Å². The maximum Gasteiger partial charge on any atom is 0.306 e. The lowest BCUT2D eigenvalue weighted by Crippen LogP contribution is -2.37. The number of esters is 1. The molecule has 358 valence electrons. The molecule has 0 fully saturated rings. The number of carbonyl (C=O) groups is 1. The Labute approximate surface area is 378 Å². The number of nitrogens with zero attached hydrogens (tertiary/aromatic N) is 1. The van der Waals surface area contributed by atoms with Gasteiger partial charge in [0.1, 0.15) is 19.3 Å². The van der Waals surface area contributed by atoms with Crippen molar-refractivity contribution >= 4 is 13.8 Å². The van der Waals surface area contributed by atoms with Crippen molar-refractivity contribution in [3.8, 4) is 0 Å². The molecule has 0 heterocycles. The Hall–Kier alpha value is -1.54. The van der Waals surface area contributed by atoms with Crippen LogP contribution < -0.4 is 4.89 Å². The monoisotopic (exact) mass is 880 g/mol. The minimum Gasteiger partial charge on any atom is -0.756 e. The second-order valence-corrected chi connectivity index (χ2v) is 19.6. The summed E-state index contributed by atoms with van der Waals surface area (Å²) >= 11 is 0. The lowest BCUT2D eigenvalue weighted by atomic mass is 10.0. The molecule has 8 nitrogen and oxygen atoms in total. The molecule has 0 spiro atoms. The molecule has 0 rings (SSSR count). The van der Waals surface area contributed by atoms with E-state index in [1.165, 1.54) is 141 Å². The van der Waals surface area contributed by atoms with Gasteiger partial charge in [0.05, 0.1) is 34.4 Å². The summed E-state index contributed by atoms with van der Waals surface area (Å²) < 4.78 is 34.7. The topological polar surface area (TPSA) is 94.1 Å². The van der Waals surface area contributed by atoms with Crippen molar-refractivity contribution in [3.05, 3.63) is 48.6 Å². The van der Waals surface area contributed by atoms with E-state index in [2.05, 4.69) is 62.5 Å². The van der Waals surface area contributed by atoms with Crippen LogP contribution in [0.2, 0.25) is 0 Å². The van der Waals surface area contributed by atoms with Gasteiger partial charge in [-0.1, -0.05) is 210 Å². The number of phosphoric acid groups is 1. The minimum atomic E-state index is -4.53. The second-order valence-electron chi connectivity index (χ2n) is 18.2. The van der Waals surface area contributed by atoms with Gasteiger partial charge in [-0.2, -0.15) is 0 Å². The van der Waals surface area contributed by atoms with E-state index in [0.717, 1.165) is 57.8 Å². The summed E-state index contributed by atoms with van der Waals surface area (Å²) in [7, 11) is 1.36. The predicted octanol–water partition coefficient (Wildman–Crippen LogP) is 14.9. The van der Waals surface area contributed by atoms with Crippen LogP contribution in [0.1, 0.15) is 219 Å². The van der Waals surface area contributed by atoms with Crippen molar-refractivity contribution in [1.29, 1.82) is 0 Å². The summed E-state index contributed by atoms with van der Waals surface area (Å²) in [5.74, 6) is -0.333. The average Bonchev–Trinajstić information content (AvgIpc) is 3.22. The Balaban J connectivity index is 4.10.